The normalized spacial score (nSPS) is 26.1. The van der Waals surface area contributed by atoms with Crippen molar-refractivity contribution in [1.29, 1.82) is 0 Å². The molecule has 0 aromatic carbocycles. The first-order chi connectivity index (χ1) is 11.8. The molecule has 1 heterocycles. The smallest absolute Gasteiger partial charge is 0.317 e. The van der Waals surface area contributed by atoms with Crippen LogP contribution in [-0.4, -0.2) is 90.2 Å². The predicted molar refractivity (Wildman–Crippen MR) is 97.7 cm³/mol. The van der Waals surface area contributed by atoms with Gasteiger partial charge in [0.2, 0.25) is 0 Å². The summed E-state index contributed by atoms with van der Waals surface area (Å²) in [7, 11) is 4.03. The third-order valence-electron chi connectivity index (χ3n) is 6.08. The second-order valence-corrected chi connectivity index (χ2v) is 7.72. The number of nitrogens with one attached hydrogen (secondary N) is 1. The molecule has 2 amide bonds. The summed E-state index contributed by atoms with van der Waals surface area (Å²) >= 11 is 0. The van der Waals surface area contributed by atoms with Crippen LogP contribution >= 0.6 is 0 Å². The summed E-state index contributed by atoms with van der Waals surface area (Å²) in [5.41, 5.74) is 0. The number of hydrogen-bond donors (Lipinski definition) is 2. The Hall–Kier alpha value is -1.34. The summed E-state index contributed by atoms with van der Waals surface area (Å²) in [6.45, 7) is 7.13. The van der Waals surface area contributed by atoms with Gasteiger partial charge in [-0.3, -0.25) is 9.69 Å². The zero-order chi connectivity index (χ0) is 18.6. The van der Waals surface area contributed by atoms with Crippen LogP contribution in [0.15, 0.2) is 0 Å². The van der Waals surface area contributed by atoms with Gasteiger partial charge in [0.05, 0.1) is 6.54 Å². The largest absolute Gasteiger partial charge is 0.480 e. The van der Waals surface area contributed by atoms with Crippen molar-refractivity contribution in [3.63, 3.8) is 0 Å². The second kappa shape index (κ2) is 8.85. The van der Waals surface area contributed by atoms with E-state index < -0.39 is 5.97 Å². The average molecular weight is 354 g/mol. The number of amides is 2. The molecule has 0 aromatic heterocycles. The minimum Gasteiger partial charge on any atom is -0.480 e. The van der Waals surface area contributed by atoms with Crippen molar-refractivity contribution < 1.29 is 14.7 Å². The SMILES string of the molecule is CCN(CC(=O)O)C1CC(NC(=O)N(C)C(C)C2CCN(C)CC2)C1. The molecule has 1 unspecified atom stereocenters. The van der Waals surface area contributed by atoms with Gasteiger partial charge in [0.25, 0.3) is 0 Å². The number of nitrogens with zero attached hydrogens (tertiary/aromatic N) is 3. The van der Waals surface area contributed by atoms with E-state index in [1.165, 1.54) is 0 Å². The molecule has 1 saturated heterocycles. The molecule has 1 aliphatic carbocycles. The lowest BCUT2D eigenvalue weighted by molar-refractivity contribution is -0.139. The van der Waals surface area contributed by atoms with Crippen LogP contribution in [0.4, 0.5) is 4.79 Å². The van der Waals surface area contributed by atoms with Crippen molar-refractivity contribution in [3.05, 3.63) is 0 Å². The number of carbonyl (C=O) groups excluding carboxylic acids is 1. The van der Waals surface area contributed by atoms with Crippen molar-refractivity contribution in [2.75, 3.05) is 40.3 Å². The monoisotopic (exact) mass is 354 g/mol. The lowest BCUT2D eigenvalue weighted by Gasteiger charge is -2.43. The first-order valence-electron chi connectivity index (χ1n) is 9.49. The number of hydrogen-bond acceptors (Lipinski definition) is 4. The summed E-state index contributed by atoms with van der Waals surface area (Å²) < 4.78 is 0. The topological polar surface area (TPSA) is 76.1 Å². The Morgan fingerprint density at radius 3 is 2.40 bits per heavy atom. The molecule has 2 rings (SSSR count). The van der Waals surface area contributed by atoms with Gasteiger partial charge in [-0.15, -0.1) is 0 Å². The summed E-state index contributed by atoms with van der Waals surface area (Å²) in [5, 5.41) is 12.1. The van der Waals surface area contributed by atoms with E-state index in [1.54, 1.807) is 0 Å². The lowest BCUT2D eigenvalue weighted by atomic mass is 9.85. The first-order valence-corrected chi connectivity index (χ1v) is 9.49. The molecular formula is C18H34N4O3. The van der Waals surface area contributed by atoms with Crippen LogP contribution in [0.1, 0.15) is 39.5 Å². The van der Waals surface area contributed by atoms with Gasteiger partial charge in [-0.2, -0.15) is 0 Å². The second-order valence-electron chi connectivity index (χ2n) is 7.72. The summed E-state index contributed by atoms with van der Waals surface area (Å²) in [4.78, 5) is 29.6. The van der Waals surface area contributed by atoms with Gasteiger partial charge in [-0.1, -0.05) is 6.92 Å². The van der Waals surface area contributed by atoms with Crippen LogP contribution in [0.2, 0.25) is 0 Å². The zero-order valence-corrected chi connectivity index (χ0v) is 16.1. The summed E-state index contributed by atoms with van der Waals surface area (Å²) in [5.74, 6) is -0.228. The fraction of sp³-hybridized carbons (Fsp3) is 0.889. The van der Waals surface area contributed by atoms with Crippen LogP contribution in [0.3, 0.4) is 0 Å². The highest BCUT2D eigenvalue weighted by atomic mass is 16.4. The Bertz CT molecular complexity index is 459. The Morgan fingerprint density at radius 1 is 1.28 bits per heavy atom. The van der Waals surface area contributed by atoms with Gasteiger partial charge in [0.15, 0.2) is 0 Å². The molecule has 144 valence electrons. The molecule has 1 saturated carbocycles. The molecule has 0 bridgehead atoms. The Kier molecular flexibility index (Phi) is 7.07. The highest BCUT2D eigenvalue weighted by Crippen LogP contribution is 2.27. The van der Waals surface area contributed by atoms with Crippen molar-refractivity contribution in [3.8, 4) is 0 Å². The maximum Gasteiger partial charge on any atom is 0.317 e. The van der Waals surface area contributed by atoms with E-state index in [9.17, 15) is 9.59 Å². The van der Waals surface area contributed by atoms with Gasteiger partial charge >= 0.3 is 12.0 Å². The van der Waals surface area contributed by atoms with Crippen molar-refractivity contribution in [2.45, 2.75) is 57.7 Å². The molecule has 1 aliphatic heterocycles. The number of urea groups is 1. The fourth-order valence-electron chi connectivity index (χ4n) is 3.97. The quantitative estimate of drug-likeness (QED) is 0.721. The number of carbonyl (C=O) groups is 2. The van der Waals surface area contributed by atoms with E-state index in [1.807, 2.05) is 23.8 Å². The minimum atomic E-state index is -0.791. The molecule has 0 aromatic rings. The molecule has 2 aliphatic rings. The van der Waals surface area contributed by atoms with Gasteiger partial charge < -0.3 is 20.2 Å². The average Bonchev–Trinajstić information content (AvgIpc) is 2.54. The molecule has 7 heteroatoms. The van der Waals surface area contributed by atoms with Crippen LogP contribution in [-0.2, 0) is 4.79 Å². The van der Waals surface area contributed by atoms with Crippen molar-refractivity contribution >= 4 is 12.0 Å². The zero-order valence-electron chi connectivity index (χ0n) is 16.1. The molecule has 1 atom stereocenters. The number of likely N-dealkylation sites (N-methyl/N-ethyl adjacent to an activating group) is 1. The van der Waals surface area contributed by atoms with Crippen LogP contribution < -0.4 is 5.32 Å². The third kappa shape index (κ3) is 5.31. The van der Waals surface area contributed by atoms with E-state index in [2.05, 4.69) is 24.2 Å². The highest BCUT2D eigenvalue weighted by Gasteiger charge is 2.36. The maximum absolute atomic E-state index is 12.5. The fourth-order valence-corrected chi connectivity index (χ4v) is 3.97. The number of carboxylic acid groups (broad SMARTS) is 1. The molecule has 7 nitrogen and oxygen atoms in total. The first kappa shape index (κ1) is 20.0. The number of aliphatic carboxylic acids is 1. The van der Waals surface area contributed by atoms with E-state index in [-0.39, 0.29) is 30.7 Å². The Labute approximate surface area is 151 Å². The van der Waals surface area contributed by atoms with E-state index >= 15 is 0 Å². The standard InChI is InChI=1S/C18H34N4O3/c1-5-22(12-17(23)24)16-10-15(11-16)19-18(25)21(4)13(2)14-6-8-20(3)9-7-14/h13-16H,5-12H2,1-4H3,(H,19,25)(H,23,24). The van der Waals surface area contributed by atoms with Crippen molar-refractivity contribution in [2.24, 2.45) is 5.92 Å². The van der Waals surface area contributed by atoms with E-state index in [4.69, 9.17) is 5.11 Å². The van der Waals surface area contributed by atoms with Gasteiger partial charge in [0.1, 0.15) is 0 Å². The number of carboxylic acids is 1. The van der Waals surface area contributed by atoms with Gasteiger partial charge in [-0.05, 0) is 65.2 Å². The lowest BCUT2D eigenvalue weighted by Crippen LogP contribution is -2.57. The summed E-state index contributed by atoms with van der Waals surface area (Å²) in [6, 6.07) is 0.662. The Morgan fingerprint density at radius 2 is 1.88 bits per heavy atom. The molecule has 0 spiro atoms. The minimum absolute atomic E-state index is 0.00355. The highest BCUT2D eigenvalue weighted by molar-refractivity contribution is 5.74. The summed E-state index contributed by atoms with van der Waals surface area (Å²) in [6.07, 6.45) is 3.95. The predicted octanol–water partition coefficient (Wildman–Crippen LogP) is 1.30. The maximum atomic E-state index is 12.5. The molecule has 0 radical (unpaired) electrons. The molecular weight excluding hydrogens is 320 g/mol. The van der Waals surface area contributed by atoms with E-state index in [0.717, 1.165) is 45.3 Å². The van der Waals surface area contributed by atoms with Crippen LogP contribution in [0.25, 0.3) is 0 Å². The van der Waals surface area contributed by atoms with Crippen molar-refractivity contribution in [1.82, 2.24) is 20.0 Å². The van der Waals surface area contributed by atoms with Gasteiger partial charge in [0, 0.05) is 25.2 Å². The molecule has 2 N–H and O–H groups in total. The molecule has 2 fully saturated rings. The molecule has 25 heavy (non-hydrogen) atoms. The third-order valence-corrected chi connectivity index (χ3v) is 6.08. The number of rotatable bonds is 7. The van der Waals surface area contributed by atoms with Gasteiger partial charge in [-0.25, -0.2) is 4.79 Å². The number of likely N-dealkylation sites (tertiary alicyclic amines) is 1. The van der Waals surface area contributed by atoms with Crippen LogP contribution in [0.5, 0.6) is 0 Å². The van der Waals surface area contributed by atoms with Crippen LogP contribution in [0, 0.1) is 5.92 Å². The Balaban J connectivity index is 1.74. The van der Waals surface area contributed by atoms with E-state index in [0.29, 0.717) is 5.92 Å². The number of piperidine rings is 1.